The van der Waals surface area contributed by atoms with Crippen LogP contribution in [0.15, 0.2) is 5.38 Å². The topological polar surface area (TPSA) is 54.0 Å². The summed E-state index contributed by atoms with van der Waals surface area (Å²) in [5.74, 6) is 0.679. The van der Waals surface area contributed by atoms with Gasteiger partial charge in [-0.3, -0.25) is 4.79 Å². The van der Waals surface area contributed by atoms with Crippen molar-refractivity contribution in [3.05, 3.63) is 16.1 Å². The smallest absolute Gasteiger partial charge is 0.226 e. The predicted octanol–water partition coefficient (Wildman–Crippen LogP) is 1.36. The lowest BCUT2D eigenvalue weighted by molar-refractivity contribution is -0.120. The molecule has 0 radical (unpaired) electrons. The van der Waals surface area contributed by atoms with Crippen molar-refractivity contribution in [2.45, 2.75) is 32.6 Å². The maximum Gasteiger partial charge on any atom is 0.226 e. The highest BCUT2D eigenvalue weighted by atomic mass is 32.1. The zero-order valence-corrected chi connectivity index (χ0v) is 11.7. The van der Waals surface area contributed by atoms with Crippen LogP contribution >= 0.6 is 11.3 Å². The summed E-state index contributed by atoms with van der Waals surface area (Å²) in [6.07, 6.45) is 3.78. The minimum atomic E-state index is 0.0912. The first kappa shape index (κ1) is 13.5. The van der Waals surface area contributed by atoms with Gasteiger partial charge in [-0.1, -0.05) is 6.92 Å². The van der Waals surface area contributed by atoms with Gasteiger partial charge in [0, 0.05) is 11.9 Å². The average Bonchev–Trinajstić information content (AvgIpc) is 2.85. The van der Waals surface area contributed by atoms with Gasteiger partial charge in [-0.2, -0.15) is 0 Å². The molecule has 1 unspecified atom stereocenters. The van der Waals surface area contributed by atoms with Crippen LogP contribution in [0.25, 0.3) is 0 Å². The van der Waals surface area contributed by atoms with Gasteiger partial charge in [0.05, 0.1) is 17.1 Å². The third-order valence-electron chi connectivity index (χ3n) is 3.23. The number of nitrogens with one attached hydrogen (secondary N) is 2. The van der Waals surface area contributed by atoms with Gasteiger partial charge in [-0.25, -0.2) is 4.98 Å². The highest BCUT2D eigenvalue weighted by molar-refractivity contribution is 7.09. The van der Waals surface area contributed by atoms with Crippen LogP contribution < -0.4 is 10.6 Å². The maximum atomic E-state index is 11.8. The molecule has 1 fully saturated rings. The Morgan fingerprint density at radius 1 is 1.67 bits per heavy atom. The second-order valence-corrected chi connectivity index (χ2v) is 5.72. The summed E-state index contributed by atoms with van der Waals surface area (Å²) in [5, 5.41) is 9.46. The molecule has 1 aromatic heterocycles. The monoisotopic (exact) mass is 267 g/mol. The van der Waals surface area contributed by atoms with Crippen molar-refractivity contribution in [1.82, 2.24) is 15.6 Å². The third-order valence-corrected chi connectivity index (χ3v) is 4.27. The molecule has 2 rings (SSSR count). The van der Waals surface area contributed by atoms with E-state index in [0.29, 0.717) is 12.3 Å². The maximum absolute atomic E-state index is 11.8. The Morgan fingerprint density at radius 3 is 3.22 bits per heavy atom. The fraction of sp³-hybridized carbons (Fsp3) is 0.692. The third kappa shape index (κ3) is 4.07. The molecule has 1 atom stereocenters. The van der Waals surface area contributed by atoms with Crippen LogP contribution in [-0.2, 0) is 17.6 Å². The Labute approximate surface area is 112 Å². The zero-order chi connectivity index (χ0) is 12.8. The van der Waals surface area contributed by atoms with Gasteiger partial charge in [0.2, 0.25) is 5.91 Å². The molecular weight excluding hydrogens is 246 g/mol. The Bertz CT molecular complexity index is 385. The van der Waals surface area contributed by atoms with E-state index in [9.17, 15) is 4.79 Å². The lowest BCUT2D eigenvalue weighted by Gasteiger charge is -2.22. The van der Waals surface area contributed by atoms with E-state index in [1.165, 1.54) is 12.8 Å². The first-order chi connectivity index (χ1) is 8.78. The standard InChI is InChI=1S/C13H21N3OS/c1-2-13-16-11(9-18-13)6-12(17)15-8-10-4-3-5-14-7-10/h9-10,14H,2-8H2,1H3,(H,15,17). The van der Waals surface area contributed by atoms with Crippen LogP contribution in [0, 0.1) is 5.92 Å². The van der Waals surface area contributed by atoms with Crippen molar-refractivity contribution in [3.8, 4) is 0 Å². The highest BCUT2D eigenvalue weighted by Gasteiger charge is 2.14. The average molecular weight is 267 g/mol. The number of carbonyl (C=O) groups excluding carboxylic acids is 1. The molecule has 0 saturated carbocycles. The van der Waals surface area contributed by atoms with Crippen molar-refractivity contribution in [1.29, 1.82) is 0 Å². The molecule has 1 aromatic rings. The molecule has 0 bridgehead atoms. The lowest BCUT2D eigenvalue weighted by Crippen LogP contribution is -2.38. The second kappa shape index (κ2) is 6.85. The van der Waals surface area contributed by atoms with Crippen LogP contribution in [-0.4, -0.2) is 30.5 Å². The largest absolute Gasteiger partial charge is 0.355 e. The molecule has 5 heteroatoms. The van der Waals surface area contributed by atoms with Gasteiger partial charge in [-0.15, -0.1) is 11.3 Å². The second-order valence-electron chi connectivity index (χ2n) is 4.78. The molecule has 2 heterocycles. The molecule has 0 aliphatic carbocycles. The molecule has 0 spiro atoms. The molecule has 100 valence electrons. The van der Waals surface area contributed by atoms with Crippen molar-refractivity contribution >= 4 is 17.2 Å². The van der Waals surface area contributed by atoms with Crippen LogP contribution in [0.3, 0.4) is 0 Å². The van der Waals surface area contributed by atoms with E-state index in [4.69, 9.17) is 0 Å². The fourth-order valence-electron chi connectivity index (χ4n) is 2.18. The minimum Gasteiger partial charge on any atom is -0.355 e. The number of carbonyl (C=O) groups is 1. The number of aromatic nitrogens is 1. The molecule has 1 saturated heterocycles. The number of piperidine rings is 1. The van der Waals surface area contributed by atoms with Gasteiger partial charge >= 0.3 is 0 Å². The molecule has 18 heavy (non-hydrogen) atoms. The van der Waals surface area contributed by atoms with Crippen molar-refractivity contribution in [3.63, 3.8) is 0 Å². The van der Waals surface area contributed by atoms with Gasteiger partial charge in [-0.05, 0) is 38.3 Å². The normalized spacial score (nSPS) is 19.7. The quantitative estimate of drug-likeness (QED) is 0.847. The number of thiazole rings is 1. The number of amides is 1. The van der Waals surface area contributed by atoms with E-state index in [2.05, 4.69) is 22.5 Å². The van der Waals surface area contributed by atoms with Gasteiger partial charge in [0.1, 0.15) is 0 Å². The molecule has 4 nitrogen and oxygen atoms in total. The van der Waals surface area contributed by atoms with Crippen molar-refractivity contribution in [2.75, 3.05) is 19.6 Å². The molecular formula is C13H21N3OS. The fourth-order valence-corrected chi connectivity index (χ4v) is 2.92. The number of rotatable bonds is 5. The van der Waals surface area contributed by atoms with Gasteiger partial charge in [0.15, 0.2) is 0 Å². The molecule has 1 aliphatic heterocycles. The Morgan fingerprint density at radius 2 is 2.56 bits per heavy atom. The van der Waals surface area contributed by atoms with Crippen LogP contribution in [0.2, 0.25) is 0 Å². The van der Waals surface area contributed by atoms with Crippen molar-refractivity contribution in [2.24, 2.45) is 5.92 Å². The summed E-state index contributed by atoms with van der Waals surface area (Å²) in [7, 11) is 0. The lowest BCUT2D eigenvalue weighted by atomic mass is 10.00. The van der Waals surface area contributed by atoms with Gasteiger partial charge < -0.3 is 10.6 Å². The van der Waals surface area contributed by atoms with E-state index in [0.717, 1.165) is 36.8 Å². The Balaban J connectivity index is 1.71. The zero-order valence-electron chi connectivity index (χ0n) is 10.9. The minimum absolute atomic E-state index is 0.0912. The van der Waals surface area contributed by atoms with Gasteiger partial charge in [0.25, 0.3) is 0 Å². The summed E-state index contributed by atoms with van der Waals surface area (Å²) in [5.41, 5.74) is 0.899. The molecule has 1 amide bonds. The van der Waals surface area contributed by atoms with Crippen LogP contribution in [0.1, 0.15) is 30.5 Å². The van der Waals surface area contributed by atoms with Crippen LogP contribution in [0.5, 0.6) is 0 Å². The summed E-state index contributed by atoms with van der Waals surface area (Å²) < 4.78 is 0. The number of nitrogens with zero attached hydrogens (tertiary/aromatic N) is 1. The number of hydrogen-bond acceptors (Lipinski definition) is 4. The van der Waals surface area contributed by atoms with E-state index in [1.807, 2.05) is 5.38 Å². The summed E-state index contributed by atoms with van der Waals surface area (Å²) in [4.78, 5) is 16.2. The SMILES string of the molecule is CCc1nc(CC(=O)NCC2CCCNC2)cs1. The molecule has 1 aliphatic rings. The summed E-state index contributed by atoms with van der Waals surface area (Å²) in [6, 6.07) is 0. The highest BCUT2D eigenvalue weighted by Crippen LogP contribution is 2.11. The summed E-state index contributed by atoms with van der Waals surface area (Å²) in [6.45, 7) is 5.01. The van der Waals surface area contributed by atoms with Crippen molar-refractivity contribution < 1.29 is 4.79 Å². The first-order valence-electron chi connectivity index (χ1n) is 6.68. The van der Waals surface area contributed by atoms with E-state index < -0.39 is 0 Å². The molecule has 0 aromatic carbocycles. The van der Waals surface area contributed by atoms with E-state index >= 15 is 0 Å². The van der Waals surface area contributed by atoms with Crippen LogP contribution in [0.4, 0.5) is 0 Å². The first-order valence-corrected chi connectivity index (χ1v) is 7.56. The Kier molecular flexibility index (Phi) is 5.13. The predicted molar refractivity (Wildman–Crippen MR) is 73.8 cm³/mol. The van der Waals surface area contributed by atoms with E-state index in [1.54, 1.807) is 11.3 Å². The Hall–Kier alpha value is -0.940. The molecule has 2 N–H and O–H groups in total. The van der Waals surface area contributed by atoms with E-state index in [-0.39, 0.29) is 5.91 Å². The number of hydrogen-bond donors (Lipinski definition) is 2. The summed E-state index contributed by atoms with van der Waals surface area (Å²) >= 11 is 1.64. The number of aryl methyl sites for hydroxylation is 1.